The van der Waals surface area contributed by atoms with Crippen LogP contribution < -0.4 is 5.32 Å². The first-order valence-electron chi connectivity index (χ1n) is 7.19. The van der Waals surface area contributed by atoms with Crippen molar-refractivity contribution in [2.45, 2.75) is 53.2 Å². The van der Waals surface area contributed by atoms with Gasteiger partial charge in [-0.25, -0.2) is 14.6 Å². The lowest BCUT2D eigenvalue weighted by Gasteiger charge is -2.24. The molecule has 0 spiro atoms. The Morgan fingerprint density at radius 2 is 1.86 bits per heavy atom. The van der Waals surface area contributed by atoms with Gasteiger partial charge in [-0.05, 0) is 33.6 Å². The fraction of sp³-hybridized carbons (Fsp3) is 0.667. The van der Waals surface area contributed by atoms with Crippen molar-refractivity contribution in [2.75, 3.05) is 7.11 Å². The van der Waals surface area contributed by atoms with E-state index in [-0.39, 0.29) is 11.6 Å². The number of amides is 1. The van der Waals surface area contributed by atoms with Crippen LogP contribution in [0.15, 0.2) is 0 Å². The van der Waals surface area contributed by atoms with Gasteiger partial charge in [-0.15, -0.1) is 0 Å². The van der Waals surface area contributed by atoms with Crippen LogP contribution >= 0.6 is 0 Å². The summed E-state index contributed by atoms with van der Waals surface area (Å²) in [7, 11) is 1.30. The molecule has 0 aromatic carbocycles. The van der Waals surface area contributed by atoms with Gasteiger partial charge >= 0.3 is 12.1 Å². The molecule has 0 aliphatic heterocycles. The third-order valence-electron chi connectivity index (χ3n) is 2.92. The lowest BCUT2D eigenvalue weighted by atomic mass is 10.0. The van der Waals surface area contributed by atoms with Crippen LogP contribution in [0.25, 0.3) is 0 Å². The molecule has 0 radical (unpaired) electrons. The minimum atomic E-state index is -0.581. The van der Waals surface area contributed by atoms with Gasteiger partial charge < -0.3 is 19.8 Å². The van der Waals surface area contributed by atoms with Crippen LogP contribution in [0.1, 0.15) is 62.7 Å². The monoisotopic (exact) mass is 311 g/mol. The van der Waals surface area contributed by atoms with Crippen LogP contribution in [-0.4, -0.2) is 34.7 Å². The summed E-state index contributed by atoms with van der Waals surface area (Å²) in [5.41, 5.74) is 0.231. The predicted molar refractivity (Wildman–Crippen MR) is 81.6 cm³/mol. The molecule has 1 heterocycles. The number of aromatic nitrogens is 2. The van der Waals surface area contributed by atoms with Crippen molar-refractivity contribution in [2.24, 2.45) is 5.92 Å². The number of aryl methyl sites for hydroxylation is 1. The molecule has 22 heavy (non-hydrogen) atoms. The first-order valence-corrected chi connectivity index (χ1v) is 7.19. The van der Waals surface area contributed by atoms with Gasteiger partial charge in [0.05, 0.1) is 13.2 Å². The second kappa shape index (κ2) is 6.81. The first kappa shape index (κ1) is 18.0. The van der Waals surface area contributed by atoms with Crippen LogP contribution in [0.2, 0.25) is 0 Å². The van der Waals surface area contributed by atoms with Crippen molar-refractivity contribution >= 4 is 12.1 Å². The Morgan fingerprint density at radius 1 is 1.27 bits per heavy atom. The van der Waals surface area contributed by atoms with Crippen molar-refractivity contribution in [1.82, 2.24) is 15.3 Å². The molecule has 7 nitrogen and oxygen atoms in total. The standard InChI is InChI=1S/C15H25N3O4/c1-8(2)10(18-14(20)22-15(4,5)6)12-16-9(3)11(17-12)13(19)21-7/h8,10H,1-7H3,(H,16,17)(H,18,20). The highest BCUT2D eigenvalue weighted by molar-refractivity contribution is 5.88. The fourth-order valence-corrected chi connectivity index (χ4v) is 1.91. The normalized spacial score (nSPS) is 12.9. The minimum Gasteiger partial charge on any atom is -0.464 e. The molecule has 1 aromatic rings. The molecule has 0 aliphatic rings. The van der Waals surface area contributed by atoms with Crippen LogP contribution in [0, 0.1) is 12.8 Å². The van der Waals surface area contributed by atoms with Gasteiger partial charge in [-0.2, -0.15) is 0 Å². The quantitative estimate of drug-likeness (QED) is 0.834. The van der Waals surface area contributed by atoms with E-state index in [1.54, 1.807) is 27.7 Å². The number of imidazole rings is 1. The number of nitrogens with zero attached hydrogens (tertiary/aromatic N) is 1. The van der Waals surface area contributed by atoms with E-state index in [9.17, 15) is 9.59 Å². The largest absolute Gasteiger partial charge is 0.464 e. The summed E-state index contributed by atoms with van der Waals surface area (Å²) in [4.78, 5) is 30.9. The molecule has 1 aromatic heterocycles. The molecule has 1 unspecified atom stereocenters. The van der Waals surface area contributed by atoms with Gasteiger partial charge in [0, 0.05) is 5.69 Å². The van der Waals surface area contributed by atoms with Gasteiger partial charge in [-0.3, -0.25) is 0 Å². The SMILES string of the molecule is COC(=O)c1nc(C(NC(=O)OC(C)(C)C)C(C)C)[nH]c1C. The lowest BCUT2D eigenvalue weighted by Crippen LogP contribution is -2.37. The van der Waals surface area contributed by atoms with E-state index in [2.05, 4.69) is 20.0 Å². The Kier molecular flexibility index (Phi) is 5.57. The smallest absolute Gasteiger partial charge is 0.408 e. The zero-order valence-electron chi connectivity index (χ0n) is 14.2. The minimum absolute atomic E-state index is 0.0589. The number of nitrogens with one attached hydrogen (secondary N) is 2. The molecule has 124 valence electrons. The Labute approximate surface area is 130 Å². The first-order chi connectivity index (χ1) is 10.0. The Balaban J connectivity index is 2.97. The molecule has 1 atom stereocenters. The molecule has 0 saturated heterocycles. The fourth-order valence-electron chi connectivity index (χ4n) is 1.91. The predicted octanol–water partition coefficient (Wildman–Crippen LogP) is 2.73. The summed E-state index contributed by atoms with van der Waals surface area (Å²) in [5, 5.41) is 2.78. The average Bonchev–Trinajstić information content (AvgIpc) is 2.74. The van der Waals surface area contributed by atoms with Crippen molar-refractivity contribution < 1.29 is 19.1 Å². The molecule has 7 heteroatoms. The summed E-state index contributed by atoms with van der Waals surface area (Å²) in [6.07, 6.45) is -0.528. The summed E-state index contributed by atoms with van der Waals surface area (Å²) < 4.78 is 9.95. The zero-order valence-corrected chi connectivity index (χ0v) is 14.2. The van der Waals surface area contributed by atoms with Gasteiger partial charge in [0.15, 0.2) is 5.69 Å². The van der Waals surface area contributed by atoms with E-state index >= 15 is 0 Å². The molecular weight excluding hydrogens is 286 g/mol. The Hall–Kier alpha value is -2.05. The summed E-state index contributed by atoms with van der Waals surface area (Å²) in [6, 6.07) is -0.396. The number of rotatable bonds is 4. The number of aromatic amines is 1. The van der Waals surface area contributed by atoms with E-state index in [1.165, 1.54) is 7.11 Å². The number of carbonyl (C=O) groups excluding carboxylic acids is 2. The third kappa shape index (κ3) is 4.75. The Bertz CT molecular complexity index is 543. The van der Waals surface area contributed by atoms with Crippen LogP contribution in [0.3, 0.4) is 0 Å². The number of ether oxygens (including phenoxy) is 2. The van der Waals surface area contributed by atoms with Crippen LogP contribution in [-0.2, 0) is 9.47 Å². The summed E-state index contributed by atoms with van der Waals surface area (Å²) >= 11 is 0. The number of hydrogen-bond acceptors (Lipinski definition) is 5. The van der Waals surface area contributed by atoms with E-state index < -0.39 is 23.7 Å². The molecular formula is C15H25N3O4. The van der Waals surface area contributed by atoms with Gasteiger partial charge in [-0.1, -0.05) is 13.8 Å². The highest BCUT2D eigenvalue weighted by Gasteiger charge is 2.27. The molecule has 1 rings (SSSR count). The van der Waals surface area contributed by atoms with Crippen molar-refractivity contribution in [3.8, 4) is 0 Å². The van der Waals surface area contributed by atoms with Crippen molar-refractivity contribution in [3.05, 3.63) is 17.2 Å². The molecule has 0 saturated carbocycles. The topological polar surface area (TPSA) is 93.3 Å². The van der Waals surface area contributed by atoms with E-state index in [4.69, 9.17) is 4.74 Å². The highest BCUT2D eigenvalue weighted by Crippen LogP contribution is 2.21. The third-order valence-corrected chi connectivity index (χ3v) is 2.92. The number of carbonyl (C=O) groups is 2. The average molecular weight is 311 g/mol. The van der Waals surface area contributed by atoms with Gasteiger partial charge in [0.2, 0.25) is 0 Å². The van der Waals surface area contributed by atoms with E-state index in [1.807, 2.05) is 13.8 Å². The number of methoxy groups -OCH3 is 1. The molecule has 0 aliphatic carbocycles. The maximum Gasteiger partial charge on any atom is 0.408 e. The van der Waals surface area contributed by atoms with Crippen molar-refractivity contribution in [3.63, 3.8) is 0 Å². The maximum atomic E-state index is 12.0. The summed E-state index contributed by atoms with van der Waals surface area (Å²) in [6.45, 7) is 11.0. The summed E-state index contributed by atoms with van der Waals surface area (Å²) in [5.74, 6) is 0.0436. The van der Waals surface area contributed by atoms with E-state index in [0.717, 1.165) is 0 Å². The van der Waals surface area contributed by atoms with Crippen LogP contribution in [0.4, 0.5) is 4.79 Å². The van der Waals surface area contributed by atoms with Gasteiger partial charge in [0.25, 0.3) is 0 Å². The highest BCUT2D eigenvalue weighted by atomic mass is 16.6. The number of H-pyrrole nitrogens is 1. The van der Waals surface area contributed by atoms with E-state index in [0.29, 0.717) is 11.5 Å². The maximum absolute atomic E-state index is 12.0. The van der Waals surface area contributed by atoms with Crippen LogP contribution in [0.5, 0.6) is 0 Å². The Morgan fingerprint density at radius 3 is 2.32 bits per heavy atom. The molecule has 2 N–H and O–H groups in total. The number of esters is 1. The molecule has 0 fully saturated rings. The van der Waals surface area contributed by atoms with Gasteiger partial charge in [0.1, 0.15) is 11.4 Å². The number of alkyl carbamates (subject to hydrolysis) is 1. The molecule has 1 amide bonds. The van der Waals surface area contributed by atoms with Crippen molar-refractivity contribution in [1.29, 1.82) is 0 Å². The molecule has 0 bridgehead atoms. The second-order valence-electron chi connectivity index (χ2n) is 6.46. The second-order valence-corrected chi connectivity index (χ2v) is 6.46. The number of hydrogen-bond donors (Lipinski definition) is 2. The zero-order chi connectivity index (χ0) is 17.1. The lowest BCUT2D eigenvalue weighted by molar-refractivity contribution is 0.0486.